The number of hydrogen-bond donors (Lipinski definition) is 2. The van der Waals surface area contributed by atoms with E-state index in [9.17, 15) is 13.6 Å². The summed E-state index contributed by atoms with van der Waals surface area (Å²) in [5, 5.41) is 15.2. The van der Waals surface area contributed by atoms with Crippen molar-refractivity contribution in [2.24, 2.45) is 0 Å². The summed E-state index contributed by atoms with van der Waals surface area (Å²) in [5.41, 5.74) is 1.29. The van der Waals surface area contributed by atoms with Crippen LogP contribution in [0.1, 0.15) is 11.1 Å². The number of carboxylic acids is 1. The Morgan fingerprint density at radius 1 is 1.24 bits per heavy atom. The van der Waals surface area contributed by atoms with Crippen LogP contribution in [-0.2, 0) is 17.3 Å². The summed E-state index contributed by atoms with van der Waals surface area (Å²) < 4.78 is 32.6. The maximum atomic E-state index is 13.5. The molecule has 0 aliphatic heterocycles. The largest absolute Gasteiger partial charge is 0.487 e. The summed E-state index contributed by atoms with van der Waals surface area (Å²) in [6.45, 7) is 0.00855. The van der Waals surface area contributed by atoms with E-state index in [1.807, 2.05) is 0 Å². The SMILES string of the molecule is O=C(O)C(F)(F)c1cccc(COc2ccc(-c3ccn[nH]3)nc2)c1. The van der Waals surface area contributed by atoms with Crippen LogP contribution in [0.15, 0.2) is 54.9 Å². The quantitative estimate of drug-likeness (QED) is 0.716. The molecule has 1 aromatic carbocycles. The molecule has 0 spiro atoms. The fourth-order valence-electron chi connectivity index (χ4n) is 2.17. The Morgan fingerprint density at radius 3 is 2.72 bits per heavy atom. The third-order valence-corrected chi connectivity index (χ3v) is 3.48. The van der Waals surface area contributed by atoms with Gasteiger partial charge < -0.3 is 9.84 Å². The van der Waals surface area contributed by atoms with E-state index in [0.717, 1.165) is 17.8 Å². The van der Waals surface area contributed by atoms with Crippen molar-refractivity contribution in [1.82, 2.24) is 15.2 Å². The average molecular weight is 345 g/mol. The van der Waals surface area contributed by atoms with Crippen molar-refractivity contribution < 1.29 is 23.4 Å². The van der Waals surface area contributed by atoms with Gasteiger partial charge in [0.05, 0.1) is 17.6 Å². The second-order valence-electron chi connectivity index (χ2n) is 5.22. The number of benzene rings is 1. The molecule has 0 bridgehead atoms. The summed E-state index contributed by atoms with van der Waals surface area (Å²) in [5.74, 6) is -5.67. The molecule has 0 radical (unpaired) electrons. The second-order valence-corrected chi connectivity index (χ2v) is 5.22. The molecular weight excluding hydrogens is 332 g/mol. The Kier molecular flexibility index (Phi) is 4.42. The molecule has 2 aromatic heterocycles. The number of aromatic nitrogens is 3. The zero-order valence-corrected chi connectivity index (χ0v) is 12.8. The van der Waals surface area contributed by atoms with E-state index < -0.39 is 17.5 Å². The first-order valence-corrected chi connectivity index (χ1v) is 7.26. The molecule has 2 heterocycles. The van der Waals surface area contributed by atoms with Crippen LogP contribution >= 0.6 is 0 Å². The Morgan fingerprint density at radius 2 is 2.08 bits per heavy atom. The fraction of sp³-hybridized carbons (Fsp3) is 0.118. The monoisotopic (exact) mass is 345 g/mol. The molecule has 25 heavy (non-hydrogen) atoms. The normalized spacial score (nSPS) is 11.3. The summed E-state index contributed by atoms with van der Waals surface area (Å²) in [6, 6.07) is 10.3. The third-order valence-electron chi connectivity index (χ3n) is 3.48. The number of aliphatic carboxylic acids is 1. The smallest absolute Gasteiger partial charge is 0.379 e. The van der Waals surface area contributed by atoms with Crippen LogP contribution in [0.3, 0.4) is 0 Å². The molecule has 8 heteroatoms. The van der Waals surface area contributed by atoms with Gasteiger partial charge in [0.1, 0.15) is 12.4 Å². The first-order chi connectivity index (χ1) is 12.0. The van der Waals surface area contributed by atoms with Gasteiger partial charge in [0.25, 0.3) is 0 Å². The van der Waals surface area contributed by atoms with Crippen LogP contribution in [0.4, 0.5) is 8.78 Å². The van der Waals surface area contributed by atoms with E-state index in [1.165, 1.54) is 12.3 Å². The number of ether oxygens (including phenoxy) is 1. The number of pyridine rings is 1. The predicted octanol–water partition coefficient (Wildman–Crippen LogP) is 3.23. The predicted molar refractivity (Wildman–Crippen MR) is 84.1 cm³/mol. The van der Waals surface area contributed by atoms with Gasteiger partial charge in [0.2, 0.25) is 0 Å². The molecule has 0 aliphatic rings. The average Bonchev–Trinajstić information content (AvgIpc) is 3.15. The highest BCUT2D eigenvalue weighted by Gasteiger charge is 2.40. The van der Waals surface area contributed by atoms with Crippen LogP contribution in [0, 0.1) is 0 Å². The van der Waals surface area contributed by atoms with Crippen LogP contribution in [0.25, 0.3) is 11.4 Å². The van der Waals surface area contributed by atoms with Gasteiger partial charge in [0, 0.05) is 11.8 Å². The van der Waals surface area contributed by atoms with Gasteiger partial charge in [-0.2, -0.15) is 13.9 Å². The van der Waals surface area contributed by atoms with E-state index in [4.69, 9.17) is 9.84 Å². The first-order valence-electron chi connectivity index (χ1n) is 7.26. The van der Waals surface area contributed by atoms with Crippen molar-refractivity contribution >= 4 is 5.97 Å². The van der Waals surface area contributed by atoms with Gasteiger partial charge in [-0.05, 0) is 29.8 Å². The molecule has 128 valence electrons. The molecule has 0 atom stereocenters. The molecule has 0 aliphatic carbocycles. The van der Waals surface area contributed by atoms with Crippen molar-refractivity contribution in [3.05, 3.63) is 66.0 Å². The molecule has 0 amide bonds. The Bertz CT molecular complexity index is 865. The van der Waals surface area contributed by atoms with Crippen molar-refractivity contribution in [2.45, 2.75) is 12.5 Å². The van der Waals surface area contributed by atoms with E-state index in [-0.39, 0.29) is 6.61 Å². The van der Waals surface area contributed by atoms with Crippen LogP contribution in [0.5, 0.6) is 5.75 Å². The van der Waals surface area contributed by atoms with Crippen molar-refractivity contribution in [3.8, 4) is 17.1 Å². The molecule has 0 unspecified atom stereocenters. The topological polar surface area (TPSA) is 88.1 Å². The molecule has 6 nitrogen and oxygen atoms in total. The zero-order valence-electron chi connectivity index (χ0n) is 12.8. The number of rotatable bonds is 6. The Balaban J connectivity index is 1.69. The molecule has 0 fully saturated rings. The summed E-state index contributed by atoms with van der Waals surface area (Å²) >= 11 is 0. The highest BCUT2D eigenvalue weighted by Crippen LogP contribution is 2.29. The minimum atomic E-state index is -3.94. The van der Waals surface area contributed by atoms with Gasteiger partial charge in [-0.1, -0.05) is 18.2 Å². The van der Waals surface area contributed by atoms with E-state index in [0.29, 0.717) is 17.0 Å². The number of aromatic amines is 1. The lowest BCUT2D eigenvalue weighted by Gasteiger charge is -2.13. The molecule has 3 aromatic rings. The minimum Gasteiger partial charge on any atom is -0.487 e. The van der Waals surface area contributed by atoms with Gasteiger partial charge in [-0.25, -0.2) is 4.79 Å². The van der Waals surface area contributed by atoms with Gasteiger partial charge in [0.15, 0.2) is 0 Å². The molecular formula is C17H13F2N3O3. The highest BCUT2D eigenvalue weighted by molar-refractivity contribution is 5.77. The molecule has 0 saturated carbocycles. The van der Waals surface area contributed by atoms with Crippen molar-refractivity contribution in [1.29, 1.82) is 0 Å². The number of nitrogens with zero attached hydrogens (tertiary/aromatic N) is 2. The zero-order chi connectivity index (χ0) is 17.9. The van der Waals surface area contributed by atoms with E-state index in [2.05, 4.69) is 15.2 Å². The Labute approximate surface area is 141 Å². The number of carboxylic acid groups (broad SMARTS) is 1. The lowest BCUT2D eigenvalue weighted by atomic mass is 10.1. The second kappa shape index (κ2) is 6.68. The molecule has 3 rings (SSSR count). The van der Waals surface area contributed by atoms with Gasteiger partial charge in [-0.15, -0.1) is 0 Å². The number of carbonyl (C=O) groups is 1. The van der Waals surface area contributed by atoms with E-state index >= 15 is 0 Å². The Hall–Kier alpha value is -3.29. The van der Waals surface area contributed by atoms with Gasteiger partial charge in [-0.3, -0.25) is 10.1 Å². The van der Waals surface area contributed by atoms with Crippen molar-refractivity contribution in [2.75, 3.05) is 0 Å². The standard InChI is InChI=1S/C17H13F2N3O3/c18-17(19,16(23)24)12-3-1-2-11(8-12)10-25-13-4-5-14(20-9-13)15-6-7-21-22-15/h1-9H,10H2,(H,21,22)(H,23,24). The summed E-state index contributed by atoms with van der Waals surface area (Å²) in [7, 11) is 0. The number of H-pyrrole nitrogens is 1. The lowest BCUT2D eigenvalue weighted by Crippen LogP contribution is -2.25. The molecule has 0 saturated heterocycles. The minimum absolute atomic E-state index is 0.00855. The lowest BCUT2D eigenvalue weighted by molar-refractivity contribution is -0.166. The number of hydrogen-bond acceptors (Lipinski definition) is 4. The summed E-state index contributed by atoms with van der Waals surface area (Å²) in [4.78, 5) is 14.9. The van der Waals surface area contributed by atoms with Gasteiger partial charge >= 0.3 is 11.9 Å². The highest BCUT2D eigenvalue weighted by atomic mass is 19.3. The maximum Gasteiger partial charge on any atom is 0.379 e. The van der Waals surface area contributed by atoms with Crippen molar-refractivity contribution in [3.63, 3.8) is 0 Å². The fourth-order valence-corrected chi connectivity index (χ4v) is 2.17. The first kappa shape index (κ1) is 16.6. The molecule has 2 N–H and O–H groups in total. The number of halogens is 2. The number of nitrogens with one attached hydrogen (secondary N) is 1. The van der Waals surface area contributed by atoms with Crippen LogP contribution in [0.2, 0.25) is 0 Å². The van der Waals surface area contributed by atoms with E-state index in [1.54, 1.807) is 30.5 Å². The maximum absolute atomic E-state index is 13.5. The van der Waals surface area contributed by atoms with Crippen LogP contribution in [-0.4, -0.2) is 26.3 Å². The number of alkyl halides is 2. The summed E-state index contributed by atoms with van der Waals surface area (Å²) in [6.07, 6.45) is 3.12. The third kappa shape index (κ3) is 3.63. The van der Waals surface area contributed by atoms with Crippen LogP contribution < -0.4 is 4.74 Å².